The van der Waals surface area contributed by atoms with Crippen molar-refractivity contribution in [3.63, 3.8) is 0 Å². The first-order valence-corrected chi connectivity index (χ1v) is 9.80. The fraction of sp³-hybridized carbons (Fsp3) is 0.0400. The minimum Gasteiger partial charge on any atom is -0.465 e. The van der Waals surface area contributed by atoms with Crippen molar-refractivity contribution in [1.82, 2.24) is 4.98 Å². The van der Waals surface area contributed by atoms with Crippen molar-refractivity contribution in [2.24, 2.45) is 0 Å². The van der Waals surface area contributed by atoms with Crippen LogP contribution in [0.2, 0.25) is 0 Å². The largest absolute Gasteiger partial charge is 0.465 e. The topological polar surface area (TPSA) is 95.5 Å². The zero-order chi connectivity index (χ0) is 22.5. The van der Waals surface area contributed by atoms with Crippen molar-refractivity contribution in [2.75, 3.05) is 0 Å². The van der Waals surface area contributed by atoms with Crippen molar-refractivity contribution < 1.29 is 18.9 Å². The monoisotopic (exact) mass is 426 g/mol. The predicted octanol–water partition coefficient (Wildman–Crippen LogP) is 6.07. The molecule has 7 nitrogen and oxygen atoms in total. The van der Waals surface area contributed by atoms with Gasteiger partial charge in [0.2, 0.25) is 5.89 Å². The van der Waals surface area contributed by atoms with Crippen LogP contribution in [0, 0.1) is 10.1 Å². The van der Waals surface area contributed by atoms with Crippen LogP contribution in [0.3, 0.4) is 0 Å². The highest BCUT2D eigenvalue weighted by Gasteiger charge is 2.21. The second-order valence-electron chi connectivity index (χ2n) is 6.84. The summed E-state index contributed by atoms with van der Waals surface area (Å²) in [4.78, 5) is 28.5. The molecule has 0 radical (unpaired) electrons. The van der Waals surface area contributed by atoms with Gasteiger partial charge in [-0.3, -0.25) is 14.9 Å². The van der Waals surface area contributed by atoms with Crippen molar-refractivity contribution in [2.45, 2.75) is 6.92 Å². The molecule has 3 aromatic carbocycles. The third-order valence-electron chi connectivity index (χ3n) is 4.62. The highest BCUT2D eigenvalue weighted by atomic mass is 16.6. The number of carbonyl (C=O) groups excluding carboxylic acids is 1. The number of aromatic nitrogens is 1. The molecule has 7 heteroatoms. The van der Waals surface area contributed by atoms with E-state index in [9.17, 15) is 14.9 Å². The Bertz CT molecular complexity index is 1320. The zero-order valence-corrected chi connectivity index (χ0v) is 17.1. The summed E-state index contributed by atoms with van der Waals surface area (Å²) in [6.07, 6.45) is 4.85. The number of para-hydroxylation sites is 2. The van der Waals surface area contributed by atoms with Gasteiger partial charge in [-0.1, -0.05) is 30.3 Å². The first-order chi connectivity index (χ1) is 15.5. The lowest BCUT2D eigenvalue weighted by atomic mass is 10.0. The highest BCUT2D eigenvalue weighted by Crippen LogP contribution is 2.27. The minimum atomic E-state index is -0.484. The second kappa shape index (κ2) is 9.09. The summed E-state index contributed by atoms with van der Waals surface area (Å²) in [6, 6.07) is 19.9. The molecule has 0 amide bonds. The van der Waals surface area contributed by atoms with Gasteiger partial charge in [0.1, 0.15) is 11.3 Å². The lowest BCUT2D eigenvalue weighted by Gasteiger charge is -2.06. The van der Waals surface area contributed by atoms with E-state index >= 15 is 0 Å². The third kappa shape index (κ3) is 4.46. The van der Waals surface area contributed by atoms with Crippen molar-refractivity contribution in [3.05, 3.63) is 112 Å². The molecule has 0 aliphatic rings. The average molecular weight is 426 g/mol. The van der Waals surface area contributed by atoms with Crippen LogP contribution in [0.5, 0.6) is 5.75 Å². The van der Waals surface area contributed by atoms with Crippen LogP contribution < -0.4 is 4.74 Å². The average Bonchev–Trinajstić information content (AvgIpc) is 3.25. The van der Waals surface area contributed by atoms with E-state index in [-0.39, 0.29) is 22.9 Å². The first kappa shape index (κ1) is 20.7. The quantitative estimate of drug-likeness (QED) is 0.117. The second-order valence-corrected chi connectivity index (χ2v) is 6.84. The maximum atomic E-state index is 13.4. The third-order valence-corrected chi connectivity index (χ3v) is 4.62. The van der Waals surface area contributed by atoms with Gasteiger partial charge in [0, 0.05) is 17.7 Å². The molecule has 32 heavy (non-hydrogen) atoms. The maximum absolute atomic E-state index is 13.4. The molecule has 1 heterocycles. The van der Waals surface area contributed by atoms with E-state index in [4.69, 9.17) is 9.15 Å². The van der Waals surface area contributed by atoms with E-state index in [0.29, 0.717) is 28.0 Å². The van der Waals surface area contributed by atoms with E-state index in [2.05, 4.69) is 4.98 Å². The van der Waals surface area contributed by atoms with Gasteiger partial charge in [-0.15, -0.1) is 0 Å². The first-order valence-electron chi connectivity index (χ1n) is 9.80. The fourth-order valence-corrected chi connectivity index (χ4v) is 3.09. The molecule has 0 saturated heterocycles. The Morgan fingerprint density at radius 1 is 1.06 bits per heavy atom. The molecule has 4 rings (SSSR count). The fourth-order valence-electron chi connectivity index (χ4n) is 3.09. The summed E-state index contributed by atoms with van der Waals surface area (Å²) in [6.45, 7) is 1.84. The van der Waals surface area contributed by atoms with E-state index in [0.717, 1.165) is 0 Å². The SMILES string of the molecule is C/C=C/Oc1ccc(C(=O)/C(=C\c2cccc([N+](=O)[O-])c2)c2nc3ccccc3o2)cc1. The summed E-state index contributed by atoms with van der Waals surface area (Å²) < 4.78 is 11.2. The Kier molecular flexibility index (Phi) is 5.89. The van der Waals surface area contributed by atoms with Crippen LogP contribution in [-0.4, -0.2) is 15.7 Å². The Hall–Kier alpha value is -4.52. The van der Waals surface area contributed by atoms with Crippen LogP contribution >= 0.6 is 0 Å². The zero-order valence-electron chi connectivity index (χ0n) is 17.1. The van der Waals surface area contributed by atoms with Crippen LogP contribution in [0.4, 0.5) is 5.69 Å². The van der Waals surface area contributed by atoms with Crippen molar-refractivity contribution in [1.29, 1.82) is 0 Å². The van der Waals surface area contributed by atoms with E-state index in [1.807, 2.05) is 19.1 Å². The normalized spacial score (nSPS) is 11.7. The summed E-state index contributed by atoms with van der Waals surface area (Å²) in [5, 5.41) is 11.2. The molecule has 0 atom stereocenters. The van der Waals surface area contributed by atoms with Gasteiger partial charge in [0.05, 0.1) is 16.8 Å². The number of nitrogens with zero attached hydrogens (tertiary/aromatic N) is 2. The summed E-state index contributed by atoms with van der Waals surface area (Å²) in [7, 11) is 0. The number of rotatable bonds is 7. The smallest absolute Gasteiger partial charge is 0.270 e. The number of hydrogen-bond acceptors (Lipinski definition) is 6. The van der Waals surface area contributed by atoms with Crippen LogP contribution in [0.15, 0.2) is 89.6 Å². The van der Waals surface area contributed by atoms with Gasteiger partial charge in [-0.05, 0) is 55.0 Å². The molecule has 4 aromatic rings. The number of Topliss-reactive ketones (excluding diaryl/α,β-unsaturated/α-hetero) is 1. The standard InChI is InChI=1S/C25H18N2O5/c1-2-14-31-20-12-10-18(11-13-20)24(28)21(16-17-6-5-7-19(15-17)27(29)30)25-26-22-8-3-4-9-23(22)32-25/h2-16H,1H3/b14-2+,21-16+. The number of hydrogen-bond donors (Lipinski definition) is 0. The predicted molar refractivity (Wildman–Crippen MR) is 121 cm³/mol. The van der Waals surface area contributed by atoms with Crippen LogP contribution in [-0.2, 0) is 0 Å². The number of allylic oxidation sites excluding steroid dienone is 2. The summed E-state index contributed by atoms with van der Waals surface area (Å²) >= 11 is 0. The molecule has 0 saturated carbocycles. The lowest BCUT2D eigenvalue weighted by Crippen LogP contribution is -2.03. The molecule has 0 N–H and O–H groups in total. The van der Waals surface area contributed by atoms with Crippen LogP contribution in [0.25, 0.3) is 22.7 Å². The van der Waals surface area contributed by atoms with Gasteiger partial charge in [-0.2, -0.15) is 0 Å². The Morgan fingerprint density at radius 3 is 2.56 bits per heavy atom. The van der Waals surface area contributed by atoms with Crippen LogP contribution in [0.1, 0.15) is 28.7 Å². The number of non-ortho nitro benzene ring substituents is 1. The number of benzene rings is 3. The molecular weight excluding hydrogens is 408 g/mol. The van der Waals surface area contributed by atoms with E-state index in [1.165, 1.54) is 12.1 Å². The Morgan fingerprint density at radius 2 is 1.84 bits per heavy atom. The molecule has 158 valence electrons. The van der Waals surface area contributed by atoms with Gasteiger partial charge in [-0.25, -0.2) is 4.98 Å². The number of fused-ring (bicyclic) bond motifs is 1. The Labute approximate surface area is 183 Å². The summed E-state index contributed by atoms with van der Waals surface area (Å²) in [5.41, 5.74) is 2.14. The van der Waals surface area contributed by atoms with Gasteiger partial charge < -0.3 is 9.15 Å². The minimum absolute atomic E-state index is 0.0754. The lowest BCUT2D eigenvalue weighted by molar-refractivity contribution is -0.384. The maximum Gasteiger partial charge on any atom is 0.270 e. The molecule has 0 fully saturated rings. The van der Waals surface area contributed by atoms with Crippen molar-refractivity contribution in [3.8, 4) is 5.75 Å². The van der Waals surface area contributed by atoms with Gasteiger partial charge >= 0.3 is 0 Å². The summed E-state index contributed by atoms with van der Waals surface area (Å²) in [5.74, 6) is 0.392. The van der Waals surface area contributed by atoms with E-state index < -0.39 is 4.92 Å². The number of nitro benzene ring substituents is 1. The van der Waals surface area contributed by atoms with Gasteiger partial charge in [0.25, 0.3) is 5.69 Å². The molecule has 1 aromatic heterocycles. The molecule has 0 aliphatic heterocycles. The Balaban J connectivity index is 1.79. The molecule has 0 spiro atoms. The van der Waals surface area contributed by atoms with Gasteiger partial charge in [0.15, 0.2) is 11.4 Å². The number of carbonyl (C=O) groups is 1. The molecule has 0 bridgehead atoms. The molecular formula is C25H18N2O5. The highest BCUT2D eigenvalue weighted by molar-refractivity contribution is 6.31. The molecule has 0 aliphatic carbocycles. The van der Waals surface area contributed by atoms with Crippen molar-refractivity contribution >= 4 is 34.2 Å². The number of nitro groups is 1. The molecule has 0 unspecified atom stereocenters. The van der Waals surface area contributed by atoms with E-state index in [1.54, 1.807) is 66.9 Å². The number of oxazole rings is 1. The number of ether oxygens (including phenoxy) is 1. The number of ketones is 1.